The number of benzene rings is 2. The first-order chi connectivity index (χ1) is 14.9. The number of hydrogen-bond donors (Lipinski definition) is 2. The number of fused-ring (bicyclic) bond motifs is 1. The number of nitrogens with one attached hydrogen (secondary N) is 2. The Labute approximate surface area is 191 Å². The van der Waals surface area contributed by atoms with Crippen LogP contribution < -0.4 is 15.6 Å². The van der Waals surface area contributed by atoms with Crippen LogP contribution >= 0.6 is 34.7 Å². The zero-order valence-corrected chi connectivity index (χ0v) is 19.1. The second-order valence-corrected chi connectivity index (χ2v) is 9.01. The molecule has 0 aliphatic rings. The number of hydrogen-bond acceptors (Lipinski definition) is 6. The molecule has 0 spiro atoms. The van der Waals surface area contributed by atoms with Crippen LogP contribution in [0.3, 0.4) is 0 Å². The van der Waals surface area contributed by atoms with Crippen LogP contribution in [0.2, 0.25) is 5.02 Å². The quantitative estimate of drug-likeness (QED) is 0.292. The Morgan fingerprint density at radius 1 is 1.26 bits per heavy atom. The number of thiophene rings is 1. The Hall–Kier alpha value is -2.81. The number of aryl methyl sites for hydroxylation is 1. The first kappa shape index (κ1) is 21.4. The minimum atomic E-state index is -0.264. The highest BCUT2D eigenvalue weighted by molar-refractivity contribution is 7.99. The van der Waals surface area contributed by atoms with Gasteiger partial charge in [0.2, 0.25) is 5.91 Å². The van der Waals surface area contributed by atoms with Crippen LogP contribution in [0.25, 0.3) is 21.3 Å². The SMILES string of the molecule is COc1ccc(Cl)cc1NC(=O)CSc1nc2scc(-c3ccc(C)cc3)c2c(=O)[nH]1. The Morgan fingerprint density at radius 2 is 2.03 bits per heavy atom. The van der Waals surface area contributed by atoms with Gasteiger partial charge in [0.15, 0.2) is 5.16 Å². The van der Waals surface area contributed by atoms with E-state index in [1.165, 1.54) is 18.4 Å². The highest BCUT2D eigenvalue weighted by Gasteiger charge is 2.15. The van der Waals surface area contributed by atoms with Crippen LogP contribution in [0, 0.1) is 6.92 Å². The Kier molecular flexibility index (Phi) is 6.31. The lowest BCUT2D eigenvalue weighted by molar-refractivity contribution is -0.113. The molecule has 2 N–H and O–H groups in total. The van der Waals surface area contributed by atoms with Gasteiger partial charge in [0.1, 0.15) is 10.6 Å². The van der Waals surface area contributed by atoms with Crippen molar-refractivity contribution < 1.29 is 9.53 Å². The molecule has 0 saturated carbocycles. The number of halogens is 1. The number of methoxy groups -OCH3 is 1. The van der Waals surface area contributed by atoms with E-state index in [9.17, 15) is 9.59 Å². The van der Waals surface area contributed by atoms with Crippen LogP contribution in [-0.2, 0) is 4.79 Å². The molecule has 4 aromatic rings. The number of aromatic amines is 1. The van der Waals surface area contributed by atoms with E-state index in [-0.39, 0.29) is 17.2 Å². The third-order valence-corrected chi connectivity index (χ3v) is 6.54. The second-order valence-electron chi connectivity index (χ2n) is 6.75. The van der Waals surface area contributed by atoms with Crippen molar-refractivity contribution in [2.45, 2.75) is 12.1 Å². The van der Waals surface area contributed by atoms with Crippen molar-refractivity contribution in [2.24, 2.45) is 0 Å². The number of amides is 1. The average Bonchev–Trinajstić information content (AvgIpc) is 3.18. The monoisotopic (exact) mass is 471 g/mol. The Balaban J connectivity index is 1.51. The smallest absolute Gasteiger partial charge is 0.260 e. The summed E-state index contributed by atoms with van der Waals surface area (Å²) in [5, 5.41) is 6.14. The lowest BCUT2D eigenvalue weighted by Crippen LogP contribution is -2.16. The van der Waals surface area contributed by atoms with Gasteiger partial charge in [-0.15, -0.1) is 11.3 Å². The van der Waals surface area contributed by atoms with Crippen molar-refractivity contribution in [1.82, 2.24) is 9.97 Å². The summed E-state index contributed by atoms with van der Waals surface area (Å²) in [4.78, 5) is 33.1. The zero-order chi connectivity index (χ0) is 22.0. The van der Waals surface area contributed by atoms with Crippen molar-refractivity contribution in [3.05, 3.63) is 68.8 Å². The van der Waals surface area contributed by atoms with Crippen LogP contribution in [0.15, 0.2) is 57.8 Å². The molecule has 0 unspecified atom stereocenters. The number of H-pyrrole nitrogens is 1. The number of carbonyl (C=O) groups excluding carboxylic acids is 1. The molecule has 1 amide bonds. The van der Waals surface area contributed by atoms with Crippen molar-refractivity contribution >= 4 is 56.5 Å². The summed E-state index contributed by atoms with van der Waals surface area (Å²) >= 11 is 8.56. The van der Waals surface area contributed by atoms with E-state index in [0.29, 0.717) is 31.8 Å². The van der Waals surface area contributed by atoms with Crippen LogP contribution in [0.5, 0.6) is 5.75 Å². The topological polar surface area (TPSA) is 84.1 Å². The van der Waals surface area contributed by atoms with Crippen LogP contribution in [0.1, 0.15) is 5.56 Å². The molecule has 0 bridgehead atoms. The summed E-state index contributed by atoms with van der Waals surface area (Å²) in [7, 11) is 1.52. The van der Waals surface area contributed by atoms with Crippen molar-refractivity contribution in [3.63, 3.8) is 0 Å². The van der Waals surface area contributed by atoms with Crippen molar-refractivity contribution in [2.75, 3.05) is 18.2 Å². The summed E-state index contributed by atoms with van der Waals surface area (Å²) in [6.45, 7) is 2.02. The summed E-state index contributed by atoms with van der Waals surface area (Å²) in [6, 6.07) is 13.0. The molecule has 31 heavy (non-hydrogen) atoms. The fourth-order valence-corrected chi connectivity index (χ4v) is 4.88. The minimum Gasteiger partial charge on any atom is -0.495 e. The Bertz CT molecular complexity index is 1320. The van der Waals surface area contributed by atoms with Crippen molar-refractivity contribution in [3.8, 4) is 16.9 Å². The number of rotatable bonds is 6. The van der Waals surface area contributed by atoms with Crippen LogP contribution in [0.4, 0.5) is 5.69 Å². The van der Waals surface area contributed by atoms with E-state index >= 15 is 0 Å². The molecule has 0 fully saturated rings. The van der Waals surface area contributed by atoms with Gasteiger partial charge in [0.05, 0.1) is 23.9 Å². The summed E-state index contributed by atoms with van der Waals surface area (Å²) in [5.41, 5.74) is 3.25. The molecule has 0 aliphatic carbocycles. The fourth-order valence-electron chi connectivity index (χ4n) is 3.04. The number of carbonyl (C=O) groups is 1. The van der Waals surface area contributed by atoms with Gasteiger partial charge in [-0.2, -0.15) is 0 Å². The number of anilines is 1. The maximum absolute atomic E-state index is 12.7. The lowest BCUT2D eigenvalue weighted by Gasteiger charge is -2.10. The molecule has 158 valence electrons. The number of thioether (sulfide) groups is 1. The maximum Gasteiger partial charge on any atom is 0.260 e. The highest BCUT2D eigenvalue weighted by Crippen LogP contribution is 2.32. The van der Waals surface area contributed by atoms with Gasteiger partial charge >= 0.3 is 0 Å². The zero-order valence-electron chi connectivity index (χ0n) is 16.7. The summed E-state index contributed by atoms with van der Waals surface area (Å²) in [6.07, 6.45) is 0. The molecule has 0 saturated heterocycles. The average molecular weight is 472 g/mol. The molecule has 2 aromatic heterocycles. The van der Waals surface area contributed by atoms with Gasteiger partial charge in [-0.3, -0.25) is 9.59 Å². The minimum absolute atomic E-state index is 0.0698. The molecule has 9 heteroatoms. The van der Waals surface area contributed by atoms with E-state index in [4.69, 9.17) is 16.3 Å². The summed E-state index contributed by atoms with van der Waals surface area (Å²) in [5.74, 6) is 0.318. The molecular weight excluding hydrogens is 454 g/mol. The van der Waals surface area contributed by atoms with Crippen molar-refractivity contribution in [1.29, 1.82) is 0 Å². The molecular formula is C22H18ClN3O3S2. The van der Waals surface area contributed by atoms with Crippen LogP contribution in [-0.4, -0.2) is 28.7 Å². The highest BCUT2D eigenvalue weighted by atomic mass is 35.5. The Morgan fingerprint density at radius 3 is 2.77 bits per heavy atom. The molecule has 0 aliphatic heterocycles. The van der Waals surface area contributed by atoms with E-state index in [1.807, 2.05) is 36.6 Å². The first-order valence-electron chi connectivity index (χ1n) is 9.29. The van der Waals surface area contributed by atoms with E-state index < -0.39 is 0 Å². The maximum atomic E-state index is 12.7. The third-order valence-electron chi connectivity index (χ3n) is 4.56. The van der Waals surface area contributed by atoms with E-state index in [1.54, 1.807) is 18.2 Å². The van der Waals surface area contributed by atoms with Gasteiger partial charge in [-0.25, -0.2) is 4.98 Å². The van der Waals surface area contributed by atoms with Gasteiger partial charge in [-0.05, 0) is 30.7 Å². The molecule has 6 nitrogen and oxygen atoms in total. The molecule has 2 aromatic carbocycles. The largest absolute Gasteiger partial charge is 0.495 e. The molecule has 2 heterocycles. The first-order valence-corrected chi connectivity index (χ1v) is 11.5. The predicted molar refractivity (Wildman–Crippen MR) is 128 cm³/mol. The number of ether oxygens (including phenoxy) is 1. The molecule has 4 rings (SSSR count). The van der Waals surface area contributed by atoms with Gasteiger partial charge in [0.25, 0.3) is 5.56 Å². The second kappa shape index (κ2) is 9.13. The van der Waals surface area contributed by atoms with Gasteiger partial charge in [-0.1, -0.05) is 53.2 Å². The number of aromatic nitrogens is 2. The molecule has 0 radical (unpaired) electrons. The van der Waals surface area contributed by atoms with Gasteiger partial charge in [0, 0.05) is 16.0 Å². The third kappa shape index (κ3) is 4.76. The fraction of sp³-hybridized carbons (Fsp3) is 0.136. The van der Waals surface area contributed by atoms with E-state index in [2.05, 4.69) is 15.3 Å². The number of nitrogens with zero attached hydrogens (tertiary/aromatic N) is 1. The lowest BCUT2D eigenvalue weighted by atomic mass is 10.1. The van der Waals surface area contributed by atoms with Gasteiger partial charge < -0.3 is 15.0 Å². The standard InChI is InChI=1S/C22H18ClN3O3S2/c1-12-3-5-13(6-4-12)15-10-30-21-19(15)20(28)25-22(26-21)31-11-18(27)24-16-9-14(23)7-8-17(16)29-2/h3-10H,11H2,1-2H3,(H,24,27)(H,25,26,28). The summed E-state index contributed by atoms with van der Waals surface area (Å²) < 4.78 is 5.23. The molecule has 0 atom stereocenters. The predicted octanol–water partition coefficient (Wildman–Crippen LogP) is 5.35. The van der Waals surface area contributed by atoms with E-state index in [0.717, 1.165) is 28.5 Å². The normalized spacial score (nSPS) is 10.9.